The lowest BCUT2D eigenvalue weighted by atomic mass is 10.0. The molecular formula is C27H38N6O4. The molecule has 0 radical (unpaired) electrons. The first kappa shape index (κ1) is 27.0. The van der Waals surface area contributed by atoms with E-state index in [2.05, 4.69) is 41.3 Å². The number of aliphatic hydroxyl groups is 1. The van der Waals surface area contributed by atoms with E-state index in [4.69, 9.17) is 24.0 Å². The summed E-state index contributed by atoms with van der Waals surface area (Å²) in [6, 6.07) is 7.66. The predicted molar refractivity (Wildman–Crippen MR) is 143 cm³/mol. The van der Waals surface area contributed by atoms with E-state index in [-0.39, 0.29) is 12.7 Å². The van der Waals surface area contributed by atoms with Gasteiger partial charge in [-0.15, -0.1) is 0 Å². The van der Waals surface area contributed by atoms with Gasteiger partial charge in [-0.1, -0.05) is 17.3 Å². The third-order valence-corrected chi connectivity index (χ3v) is 6.37. The largest absolute Gasteiger partial charge is 0.491 e. The zero-order valence-corrected chi connectivity index (χ0v) is 22.6. The summed E-state index contributed by atoms with van der Waals surface area (Å²) >= 11 is 0. The van der Waals surface area contributed by atoms with Crippen molar-refractivity contribution in [2.24, 2.45) is 0 Å². The number of nitrogens with zero attached hydrogens (tertiary/aromatic N) is 5. The summed E-state index contributed by atoms with van der Waals surface area (Å²) < 4.78 is 17.4. The minimum absolute atomic E-state index is 0.0878. The van der Waals surface area contributed by atoms with Crippen molar-refractivity contribution in [1.82, 2.24) is 25.3 Å². The number of hydrogen-bond donors (Lipinski definition) is 2. The van der Waals surface area contributed by atoms with Crippen LogP contribution in [0.4, 0.5) is 5.82 Å². The van der Waals surface area contributed by atoms with Crippen LogP contribution in [0.3, 0.4) is 0 Å². The summed E-state index contributed by atoms with van der Waals surface area (Å²) in [6.45, 7) is 9.49. The van der Waals surface area contributed by atoms with Crippen molar-refractivity contribution < 1.29 is 19.1 Å². The van der Waals surface area contributed by atoms with Gasteiger partial charge in [-0.25, -0.2) is 9.97 Å². The van der Waals surface area contributed by atoms with Gasteiger partial charge < -0.3 is 34.2 Å². The van der Waals surface area contributed by atoms with Crippen LogP contribution >= 0.6 is 0 Å². The molecule has 4 rings (SSSR count). The minimum Gasteiger partial charge on any atom is -0.491 e. The lowest BCUT2D eigenvalue weighted by Gasteiger charge is -2.36. The molecule has 1 aliphatic rings. The second-order valence-corrected chi connectivity index (χ2v) is 9.79. The van der Waals surface area contributed by atoms with E-state index in [0.717, 1.165) is 59.3 Å². The Labute approximate surface area is 218 Å². The third kappa shape index (κ3) is 6.45. The first-order chi connectivity index (χ1) is 17.8. The normalized spacial score (nSPS) is 16.9. The van der Waals surface area contributed by atoms with Crippen LogP contribution in [0, 0.1) is 20.8 Å². The number of morpholine rings is 1. The van der Waals surface area contributed by atoms with Gasteiger partial charge in [0.05, 0.1) is 29.7 Å². The molecular weight excluding hydrogens is 472 g/mol. The summed E-state index contributed by atoms with van der Waals surface area (Å²) in [6.07, 6.45) is -0.511. The monoisotopic (exact) mass is 510 g/mol. The lowest BCUT2D eigenvalue weighted by molar-refractivity contribution is 0.0245. The Morgan fingerprint density at radius 2 is 2.05 bits per heavy atom. The van der Waals surface area contributed by atoms with Crippen molar-refractivity contribution in [3.8, 4) is 28.4 Å². The van der Waals surface area contributed by atoms with Gasteiger partial charge >= 0.3 is 0 Å². The highest BCUT2D eigenvalue weighted by Gasteiger charge is 2.27. The zero-order chi connectivity index (χ0) is 26.5. The number of aryl methyl sites for hydroxylation is 2. The molecule has 10 nitrogen and oxygen atoms in total. The summed E-state index contributed by atoms with van der Waals surface area (Å²) in [7, 11) is 5.90. The molecule has 2 aromatic heterocycles. The average Bonchev–Trinajstić information content (AvgIpc) is 3.20. The topological polar surface area (TPSA) is 109 Å². The van der Waals surface area contributed by atoms with Gasteiger partial charge in [0.15, 0.2) is 5.82 Å². The molecule has 1 saturated heterocycles. The number of likely N-dealkylation sites (N-methyl/N-ethyl adjacent to an activating group) is 2. The maximum Gasteiger partial charge on any atom is 0.162 e. The van der Waals surface area contributed by atoms with Crippen molar-refractivity contribution >= 4 is 5.82 Å². The van der Waals surface area contributed by atoms with Crippen molar-refractivity contribution in [3.63, 3.8) is 0 Å². The van der Waals surface area contributed by atoms with E-state index in [0.29, 0.717) is 24.7 Å². The molecule has 1 aliphatic heterocycles. The van der Waals surface area contributed by atoms with Crippen LogP contribution in [0.2, 0.25) is 0 Å². The van der Waals surface area contributed by atoms with Crippen LogP contribution in [0.25, 0.3) is 22.6 Å². The van der Waals surface area contributed by atoms with E-state index in [9.17, 15) is 5.11 Å². The maximum absolute atomic E-state index is 10.0. The number of rotatable bonds is 10. The van der Waals surface area contributed by atoms with E-state index in [1.54, 1.807) is 7.05 Å². The predicted octanol–water partition coefficient (Wildman–Crippen LogP) is 2.45. The molecule has 0 aliphatic carbocycles. The number of nitrogens with one attached hydrogen (secondary N) is 1. The fourth-order valence-corrected chi connectivity index (χ4v) is 4.65. The molecule has 0 saturated carbocycles. The molecule has 0 bridgehead atoms. The number of aromatic nitrogens is 3. The Balaban J connectivity index is 1.74. The Bertz CT molecular complexity index is 1180. The first-order valence-electron chi connectivity index (χ1n) is 12.7. The Hall–Kier alpha value is -3.05. The molecule has 0 spiro atoms. The Morgan fingerprint density at radius 3 is 2.76 bits per heavy atom. The molecule has 2 unspecified atom stereocenters. The van der Waals surface area contributed by atoms with E-state index >= 15 is 0 Å². The van der Waals surface area contributed by atoms with Gasteiger partial charge in [0.1, 0.15) is 30.0 Å². The van der Waals surface area contributed by atoms with Crippen LogP contribution in [0.1, 0.15) is 17.0 Å². The lowest BCUT2D eigenvalue weighted by Crippen LogP contribution is -2.47. The fourth-order valence-electron chi connectivity index (χ4n) is 4.65. The Kier molecular flexibility index (Phi) is 8.75. The quantitative estimate of drug-likeness (QED) is 0.422. The summed E-state index contributed by atoms with van der Waals surface area (Å²) in [5, 5.41) is 17.1. The highest BCUT2D eigenvalue weighted by molar-refractivity contribution is 5.75. The number of anilines is 1. The van der Waals surface area contributed by atoms with Crippen molar-refractivity contribution in [3.05, 3.63) is 41.3 Å². The van der Waals surface area contributed by atoms with Gasteiger partial charge in [-0.05, 0) is 54.0 Å². The molecule has 2 N–H and O–H groups in total. The summed E-state index contributed by atoms with van der Waals surface area (Å²) in [5.41, 5.74) is 4.30. The number of hydrogen-bond acceptors (Lipinski definition) is 10. The molecule has 0 amide bonds. The minimum atomic E-state index is -0.599. The summed E-state index contributed by atoms with van der Waals surface area (Å²) in [4.78, 5) is 14.5. The fraction of sp³-hybridized carbons (Fsp3) is 0.519. The van der Waals surface area contributed by atoms with Crippen LogP contribution in [-0.2, 0) is 4.74 Å². The number of benzene rings is 1. The molecule has 10 heteroatoms. The SMILES string of the molecule is CNCC(O)COc1cccc(-c2nc(-c3c(C)noc3C)c(C)c(N3CCOC(CN(C)C)C3)n2)c1. The van der Waals surface area contributed by atoms with Gasteiger partial charge in [0, 0.05) is 37.3 Å². The molecule has 37 heavy (non-hydrogen) atoms. The standard InChI is InChI=1S/C27H38N6O4/c1-17-25(24-18(2)31-37-19(24)3)29-26(20-8-7-9-22(12-20)36-16-21(34)13-28-4)30-27(17)33-10-11-35-23(15-33)14-32(5)6/h7-9,12,21,23,28,34H,10-11,13-16H2,1-6H3. The molecule has 1 fully saturated rings. The second kappa shape index (κ2) is 12.0. The molecule has 2 atom stereocenters. The highest BCUT2D eigenvalue weighted by atomic mass is 16.5. The zero-order valence-electron chi connectivity index (χ0n) is 22.6. The summed E-state index contributed by atoms with van der Waals surface area (Å²) in [5.74, 6) is 2.84. The maximum atomic E-state index is 10.0. The number of ether oxygens (including phenoxy) is 2. The molecule has 3 heterocycles. The molecule has 200 valence electrons. The van der Waals surface area contributed by atoms with E-state index in [1.807, 2.05) is 38.1 Å². The van der Waals surface area contributed by atoms with Crippen LogP contribution in [0.5, 0.6) is 5.75 Å². The van der Waals surface area contributed by atoms with Crippen LogP contribution < -0.4 is 15.0 Å². The van der Waals surface area contributed by atoms with Gasteiger partial charge in [0.2, 0.25) is 0 Å². The Morgan fingerprint density at radius 1 is 1.24 bits per heavy atom. The van der Waals surface area contributed by atoms with Gasteiger partial charge in [-0.3, -0.25) is 0 Å². The van der Waals surface area contributed by atoms with Crippen molar-refractivity contribution in [2.45, 2.75) is 33.0 Å². The highest BCUT2D eigenvalue weighted by Crippen LogP contribution is 2.35. The number of aliphatic hydroxyl groups excluding tert-OH is 1. The third-order valence-electron chi connectivity index (χ3n) is 6.37. The second-order valence-electron chi connectivity index (χ2n) is 9.79. The van der Waals surface area contributed by atoms with Crippen molar-refractivity contribution in [2.75, 3.05) is 65.4 Å². The first-order valence-corrected chi connectivity index (χ1v) is 12.7. The van der Waals surface area contributed by atoms with Crippen LogP contribution in [0.15, 0.2) is 28.8 Å². The van der Waals surface area contributed by atoms with Gasteiger partial charge in [0.25, 0.3) is 0 Å². The van der Waals surface area contributed by atoms with E-state index < -0.39 is 6.10 Å². The molecule has 3 aromatic rings. The van der Waals surface area contributed by atoms with E-state index in [1.165, 1.54) is 0 Å². The average molecular weight is 511 g/mol. The van der Waals surface area contributed by atoms with Crippen molar-refractivity contribution in [1.29, 1.82) is 0 Å². The smallest absolute Gasteiger partial charge is 0.162 e. The van der Waals surface area contributed by atoms with Crippen LogP contribution in [-0.4, -0.2) is 97.9 Å². The molecule has 1 aromatic carbocycles. The van der Waals surface area contributed by atoms with Gasteiger partial charge in [-0.2, -0.15) is 0 Å².